The summed E-state index contributed by atoms with van der Waals surface area (Å²) in [6, 6.07) is 8.21. The average Bonchev–Trinajstić information content (AvgIpc) is 2.56. The number of aliphatic hydroxyl groups is 1. The lowest BCUT2D eigenvalue weighted by molar-refractivity contribution is 0.0811. The Bertz CT molecular complexity index is 530. The molecule has 1 aliphatic heterocycles. The molecule has 5 nitrogen and oxygen atoms in total. The van der Waals surface area contributed by atoms with Crippen LogP contribution in [0.2, 0.25) is 0 Å². The monoisotopic (exact) mass is 333 g/mol. The van der Waals surface area contributed by atoms with Crippen molar-refractivity contribution in [2.45, 2.75) is 52.6 Å². The lowest BCUT2D eigenvalue weighted by atomic mass is 9.91. The summed E-state index contributed by atoms with van der Waals surface area (Å²) in [5.74, 6) is 0.334. The molecule has 5 heteroatoms. The molecule has 0 radical (unpaired) electrons. The van der Waals surface area contributed by atoms with Crippen LogP contribution in [0.25, 0.3) is 0 Å². The Morgan fingerprint density at radius 3 is 2.58 bits per heavy atom. The molecule has 134 valence electrons. The van der Waals surface area contributed by atoms with E-state index in [0.717, 1.165) is 30.8 Å². The van der Waals surface area contributed by atoms with Crippen LogP contribution in [0.15, 0.2) is 24.3 Å². The van der Waals surface area contributed by atoms with Gasteiger partial charge in [0.05, 0.1) is 12.6 Å². The van der Waals surface area contributed by atoms with E-state index < -0.39 is 0 Å². The van der Waals surface area contributed by atoms with E-state index in [-0.39, 0.29) is 18.7 Å². The predicted molar refractivity (Wildman–Crippen MR) is 99.6 cm³/mol. The minimum Gasteiger partial charge on any atom is -0.394 e. The number of piperidine rings is 1. The van der Waals surface area contributed by atoms with E-state index in [9.17, 15) is 9.90 Å². The second kappa shape index (κ2) is 8.38. The number of benzene rings is 1. The molecule has 1 aromatic rings. The number of hydrogen-bond acceptors (Lipinski definition) is 3. The summed E-state index contributed by atoms with van der Waals surface area (Å²) in [7, 11) is 0. The van der Waals surface area contributed by atoms with Crippen molar-refractivity contribution >= 4 is 17.4 Å². The van der Waals surface area contributed by atoms with E-state index >= 15 is 0 Å². The quantitative estimate of drug-likeness (QED) is 0.866. The molecular weight excluding hydrogens is 302 g/mol. The van der Waals surface area contributed by atoms with Crippen molar-refractivity contribution in [2.24, 2.45) is 5.92 Å². The third-order valence-electron chi connectivity index (χ3n) is 4.98. The molecule has 2 amide bonds. The number of carbonyl (C=O) groups is 1. The van der Waals surface area contributed by atoms with Gasteiger partial charge in [-0.2, -0.15) is 0 Å². The first-order chi connectivity index (χ1) is 11.5. The molecule has 2 atom stereocenters. The number of urea groups is 1. The summed E-state index contributed by atoms with van der Waals surface area (Å²) in [5.41, 5.74) is 1.95. The van der Waals surface area contributed by atoms with Crippen LogP contribution in [0.3, 0.4) is 0 Å². The van der Waals surface area contributed by atoms with Crippen molar-refractivity contribution < 1.29 is 9.90 Å². The van der Waals surface area contributed by atoms with Gasteiger partial charge < -0.3 is 20.2 Å². The second-order valence-electron chi connectivity index (χ2n) is 6.92. The van der Waals surface area contributed by atoms with E-state index in [1.807, 2.05) is 24.3 Å². The van der Waals surface area contributed by atoms with Gasteiger partial charge in [0.1, 0.15) is 0 Å². The van der Waals surface area contributed by atoms with E-state index in [2.05, 4.69) is 37.9 Å². The van der Waals surface area contributed by atoms with Crippen LogP contribution in [0.1, 0.15) is 40.5 Å². The first kappa shape index (κ1) is 18.6. The van der Waals surface area contributed by atoms with Crippen LogP contribution >= 0.6 is 0 Å². The molecule has 2 N–H and O–H groups in total. The Hall–Kier alpha value is -1.75. The molecule has 2 unspecified atom stereocenters. The Kier molecular flexibility index (Phi) is 6.49. The van der Waals surface area contributed by atoms with Crippen molar-refractivity contribution in [3.63, 3.8) is 0 Å². The number of likely N-dealkylation sites (tertiary alicyclic amines) is 1. The zero-order chi connectivity index (χ0) is 17.7. The summed E-state index contributed by atoms with van der Waals surface area (Å²) in [6.07, 6.45) is 2.05. The normalized spacial score (nSPS) is 21.0. The first-order valence-corrected chi connectivity index (χ1v) is 9.03. The van der Waals surface area contributed by atoms with Crippen molar-refractivity contribution in [3.8, 4) is 0 Å². The highest BCUT2D eigenvalue weighted by atomic mass is 16.3. The third-order valence-corrected chi connectivity index (χ3v) is 4.98. The average molecular weight is 333 g/mol. The molecule has 0 spiro atoms. The highest BCUT2D eigenvalue weighted by Crippen LogP contribution is 2.25. The highest BCUT2D eigenvalue weighted by molar-refractivity contribution is 5.89. The summed E-state index contributed by atoms with van der Waals surface area (Å²) in [5, 5.41) is 12.6. The molecule has 0 bridgehead atoms. The van der Waals surface area contributed by atoms with Gasteiger partial charge >= 0.3 is 6.03 Å². The maximum atomic E-state index is 12.6. The Morgan fingerprint density at radius 2 is 2.04 bits per heavy atom. The molecule has 2 rings (SSSR count). The van der Waals surface area contributed by atoms with Gasteiger partial charge in [0, 0.05) is 30.5 Å². The number of nitrogens with one attached hydrogen (secondary N) is 1. The number of anilines is 2. The molecular formula is C19H31N3O2. The van der Waals surface area contributed by atoms with Gasteiger partial charge in [-0.25, -0.2) is 4.79 Å². The minimum atomic E-state index is -0.121. The van der Waals surface area contributed by atoms with Gasteiger partial charge in [-0.1, -0.05) is 6.92 Å². The number of aliphatic hydroxyl groups excluding tert-OH is 1. The molecule has 1 aromatic carbocycles. The van der Waals surface area contributed by atoms with E-state index in [1.165, 1.54) is 0 Å². The van der Waals surface area contributed by atoms with Gasteiger partial charge in [-0.05, 0) is 63.8 Å². The fourth-order valence-corrected chi connectivity index (χ4v) is 3.56. The second-order valence-corrected chi connectivity index (χ2v) is 6.92. The van der Waals surface area contributed by atoms with E-state index in [0.29, 0.717) is 18.5 Å². The van der Waals surface area contributed by atoms with Crippen LogP contribution < -0.4 is 10.2 Å². The number of hydrogen-bond donors (Lipinski definition) is 2. The van der Waals surface area contributed by atoms with E-state index in [1.54, 1.807) is 4.90 Å². The Balaban J connectivity index is 2.04. The summed E-state index contributed by atoms with van der Waals surface area (Å²) < 4.78 is 0. The topological polar surface area (TPSA) is 55.8 Å². The molecule has 0 saturated carbocycles. The van der Waals surface area contributed by atoms with Crippen molar-refractivity contribution in [3.05, 3.63) is 24.3 Å². The zero-order valence-electron chi connectivity index (χ0n) is 15.3. The van der Waals surface area contributed by atoms with E-state index in [4.69, 9.17) is 0 Å². The lowest BCUT2D eigenvalue weighted by Gasteiger charge is -2.38. The Labute approximate surface area is 145 Å². The maximum absolute atomic E-state index is 12.6. The number of nitrogens with zero attached hydrogens (tertiary/aromatic N) is 2. The zero-order valence-corrected chi connectivity index (χ0v) is 15.3. The van der Waals surface area contributed by atoms with Crippen LogP contribution in [-0.4, -0.2) is 47.8 Å². The molecule has 1 heterocycles. The maximum Gasteiger partial charge on any atom is 0.322 e. The first-order valence-electron chi connectivity index (χ1n) is 9.03. The SMILES string of the molecule is CCN(c1ccc(NC(=O)N2CCCC(C)C2CO)cc1)C(C)C. The van der Waals surface area contributed by atoms with Crippen LogP contribution in [0, 0.1) is 5.92 Å². The van der Waals surface area contributed by atoms with Gasteiger partial charge in [-0.15, -0.1) is 0 Å². The van der Waals surface area contributed by atoms with Crippen LogP contribution in [0.5, 0.6) is 0 Å². The largest absolute Gasteiger partial charge is 0.394 e. The molecule has 1 fully saturated rings. The van der Waals surface area contributed by atoms with Crippen molar-refractivity contribution in [1.82, 2.24) is 4.90 Å². The molecule has 0 aromatic heterocycles. The Morgan fingerprint density at radius 1 is 1.38 bits per heavy atom. The number of rotatable bonds is 5. The van der Waals surface area contributed by atoms with Gasteiger partial charge in [-0.3, -0.25) is 0 Å². The summed E-state index contributed by atoms with van der Waals surface area (Å²) in [6.45, 7) is 10.3. The number of amides is 2. The van der Waals surface area contributed by atoms with Gasteiger partial charge in [0.15, 0.2) is 0 Å². The lowest BCUT2D eigenvalue weighted by Crippen LogP contribution is -2.51. The molecule has 1 saturated heterocycles. The number of carbonyl (C=O) groups excluding carboxylic acids is 1. The van der Waals surface area contributed by atoms with Crippen molar-refractivity contribution in [1.29, 1.82) is 0 Å². The van der Waals surface area contributed by atoms with Crippen LogP contribution in [0.4, 0.5) is 16.2 Å². The fourth-order valence-electron chi connectivity index (χ4n) is 3.56. The molecule has 24 heavy (non-hydrogen) atoms. The summed E-state index contributed by atoms with van der Waals surface area (Å²) in [4.78, 5) is 16.6. The predicted octanol–water partition coefficient (Wildman–Crippen LogP) is 3.55. The molecule has 0 aliphatic carbocycles. The summed E-state index contributed by atoms with van der Waals surface area (Å²) >= 11 is 0. The van der Waals surface area contributed by atoms with Gasteiger partial charge in [0.2, 0.25) is 0 Å². The highest BCUT2D eigenvalue weighted by Gasteiger charge is 2.31. The standard InChI is InChI=1S/C19H31N3O2/c1-5-21(14(2)3)17-10-8-16(9-11-17)20-19(24)22-12-6-7-15(4)18(22)13-23/h8-11,14-15,18,23H,5-7,12-13H2,1-4H3,(H,20,24). The smallest absolute Gasteiger partial charge is 0.322 e. The fraction of sp³-hybridized carbons (Fsp3) is 0.632. The van der Waals surface area contributed by atoms with Gasteiger partial charge in [0.25, 0.3) is 0 Å². The third kappa shape index (κ3) is 4.20. The molecule has 1 aliphatic rings. The minimum absolute atomic E-state index is 0.0212. The van der Waals surface area contributed by atoms with Crippen LogP contribution in [-0.2, 0) is 0 Å². The van der Waals surface area contributed by atoms with Crippen molar-refractivity contribution in [2.75, 3.05) is 29.9 Å².